The maximum Gasteiger partial charge on any atom is 0.416 e. The van der Waals surface area contributed by atoms with Gasteiger partial charge in [-0.15, -0.1) is 11.3 Å². The number of nitrogens with zero attached hydrogens (tertiary/aromatic N) is 3. The van der Waals surface area contributed by atoms with Crippen LogP contribution in [-0.4, -0.2) is 26.5 Å². The maximum absolute atomic E-state index is 12.5. The number of nitrogens with one attached hydrogen (secondary N) is 1. The van der Waals surface area contributed by atoms with Gasteiger partial charge < -0.3 is 5.32 Å². The number of hydrogen-bond acceptors (Lipinski definition) is 5. The molecule has 1 N–H and O–H groups in total. The molecule has 10 heteroatoms. The van der Waals surface area contributed by atoms with Gasteiger partial charge in [-0.1, -0.05) is 12.1 Å². The topological polar surface area (TPSA) is 76.9 Å². The van der Waals surface area contributed by atoms with Crippen molar-refractivity contribution in [2.24, 2.45) is 0 Å². The van der Waals surface area contributed by atoms with E-state index in [9.17, 15) is 22.8 Å². The van der Waals surface area contributed by atoms with E-state index >= 15 is 0 Å². The number of halogens is 3. The predicted molar refractivity (Wildman–Crippen MR) is 103 cm³/mol. The third-order valence-corrected chi connectivity index (χ3v) is 4.61. The van der Waals surface area contributed by atoms with Crippen LogP contribution in [0.2, 0.25) is 0 Å². The summed E-state index contributed by atoms with van der Waals surface area (Å²) in [6, 6.07) is 4.48. The molecule has 1 amide bonds. The minimum absolute atomic E-state index is 0.110. The normalized spacial score (nSPS) is 11.7. The van der Waals surface area contributed by atoms with E-state index in [1.165, 1.54) is 48.7 Å². The Kier molecular flexibility index (Phi) is 5.92. The number of thiazole rings is 1. The fourth-order valence-corrected chi connectivity index (χ4v) is 3.16. The van der Waals surface area contributed by atoms with Crippen LogP contribution in [-0.2, 0) is 17.5 Å². The molecule has 1 aromatic carbocycles. The molecule has 0 radical (unpaired) electrons. The fourth-order valence-electron chi connectivity index (χ4n) is 2.34. The Bertz CT molecular complexity index is 1050. The van der Waals surface area contributed by atoms with Crippen LogP contribution in [0.3, 0.4) is 0 Å². The second kappa shape index (κ2) is 8.39. The van der Waals surface area contributed by atoms with E-state index in [4.69, 9.17) is 0 Å². The molecular formula is C19H15F3N4O2S. The number of anilines is 1. The molecule has 3 rings (SSSR count). The Morgan fingerprint density at radius 2 is 1.97 bits per heavy atom. The van der Waals surface area contributed by atoms with Gasteiger partial charge >= 0.3 is 6.18 Å². The molecule has 6 nitrogen and oxygen atoms in total. The summed E-state index contributed by atoms with van der Waals surface area (Å²) in [5.74, 6) is -0.557. The van der Waals surface area contributed by atoms with Crippen LogP contribution in [0.5, 0.6) is 0 Å². The van der Waals surface area contributed by atoms with Gasteiger partial charge in [0, 0.05) is 24.6 Å². The van der Waals surface area contributed by atoms with Gasteiger partial charge in [-0.25, -0.2) is 4.98 Å². The third-order valence-electron chi connectivity index (χ3n) is 3.78. The highest BCUT2D eigenvalue weighted by molar-refractivity contribution is 7.09. The van der Waals surface area contributed by atoms with Crippen molar-refractivity contribution in [1.29, 1.82) is 0 Å². The van der Waals surface area contributed by atoms with Crippen LogP contribution < -0.4 is 5.32 Å². The van der Waals surface area contributed by atoms with E-state index in [1.54, 1.807) is 16.3 Å². The van der Waals surface area contributed by atoms with Crippen molar-refractivity contribution in [3.05, 3.63) is 69.9 Å². The summed E-state index contributed by atoms with van der Waals surface area (Å²) in [7, 11) is 0. The fraction of sp³-hybridized carbons (Fsp3) is 0.158. The Morgan fingerprint density at radius 1 is 1.24 bits per heavy atom. The number of alkyl halides is 3. The largest absolute Gasteiger partial charge is 0.416 e. The lowest BCUT2D eigenvalue weighted by atomic mass is 10.1. The van der Waals surface area contributed by atoms with Crippen LogP contribution in [0.25, 0.3) is 6.08 Å². The zero-order valence-electron chi connectivity index (χ0n) is 15.1. The van der Waals surface area contributed by atoms with Crippen molar-refractivity contribution in [3.63, 3.8) is 0 Å². The van der Waals surface area contributed by atoms with Gasteiger partial charge in [0.05, 0.1) is 24.0 Å². The van der Waals surface area contributed by atoms with Gasteiger partial charge in [-0.2, -0.15) is 18.3 Å². The summed E-state index contributed by atoms with van der Waals surface area (Å²) < 4.78 is 39.2. The number of aromatic nitrogens is 3. The van der Waals surface area contributed by atoms with Gasteiger partial charge in [-0.3, -0.25) is 14.3 Å². The SMILES string of the molecule is CC(=O)c1csc(Cn2cc(NC(=O)C=Cc3ccc(C(F)(F)F)cc3)cn2)n1. The smallest absolute Gasteiger partial charge is 0.320 e. The minimum Gasteiger partial charge on any atom is -0.320 e. The summed E-state index contributed by atoms with van der Waals surface area (Å²) in [5.41, 5.74) is 0.575. The zero-order valence-corrected chi connectivity index (χ0v) is 15.9. The van der Waals surface area contributed by atoms with Gasteiger partial charge in [0.1, 0.15) is 10.7 Å². The van der Waals surface area contributed by atoms with Crippen LogP contribution in [0.4, 0.5) is 18.9 Å². The third kappa shape index (κ3) is 5.61. The first-order valence-electron chi connectivity index (χ1n) is 8.35. The Labute approximate surface area is 167 Å². The number of hydrogen-bond donors (Lipinski definition) is 1. The molecule has 2 heterocycles. The second-order valence-electron chi connectivity index (χ2n) is 6.05. The average molecular weight is 420 g/mol. The molecule has 29 heavy (non-hydrogen) atoms. The summed E-state index contributed by atoms with van der Waals surface area (Å²) in [4.78, 5) is 27.5. The van der Waals surface area contributed by atoms with Gasteiger partial charge in [0.25, 0.3) is 0 Å². The van der Waals surface area contributed by atoms with E-state index in [2.05, 4.69) is 15.4 Å². The summed E-state index contributed by atoms with van der Waals surface area (Å²) in [6.45, 7) is 1.80. The molecule has 0 aliphatic heterocycles. The van der Waals surface area contributed by atoms with Crippen LogP contribution in [0.1, 0.15) is 33.5 Å². The van der Waals surface area contributed by atoms with Crippen molar-refractivity contribution in [1.82, 2.24) is 14.8 Å². The van der Waals surface area contributed by atoms with Crippen molar-refractivity contribution in [2.45, 2.75) is 19.6 Å². The van der Waals surface area contributed by atoms with E-state index in [1.807, 2.05) is 0 Å². The second-order valence-corrected chi connectivity index (χ2v) is 6.99. The minimum atomic E-state index is -4.40. The highest BCUT2D eigenvalue weighted by Gasteiger charge is 2.29. The number of ketones is 1. The molecule has 2 aromatic heterocycles. The molecule has 3 aromatic rings. The van der Waals surface area contributed by atoms with E-state index in [-0.39, 0.29) is 5.78 Å². The monoisotopic (exact) mass is 420 g/mol. The lowest BCUT2D eigenvalue weighted by Gasteiger charge is -2.05. The van der Waals surface area contributed by atoms with Crippen LogP contribution >= 0.6 is 11.3 Å². The number of carbonyl (C=O) groups is 2. The molecule has 150 valence electrons. The number of carbonyl (C=O) groups excluding carboxylic acids is 2. The van der Waals surface area contributed by atoms with Crippen LogP contribution in [0.15, 0.2) is 48.1 Å². The summed E-state index contributed by atoms with van der Waals surface area (Å²) in [6.07, 6.45) is 1.31. The van der Waals surface area contributed by atoms with Crippen molar-refractivity contribution >= 4 is 34.8 Å². The molecule has 0 spiro atoms. The summed E-state index contributed by atoms with van der Waals surface area (Å²) in [5, 5.41) is 9.12. The number of Topliss-reactive ketones (excluding diaryl/α,β-unsaturated/α-hetero) is 1. The van der Waals surface area contributed by atoms with Gasteiger partial charge in [0.15, 0.2) is 5.78 Å². The number of benzene rings is 1. The number of amides is 1. The first-order valence-corrected chi connectivity index (χ1v) is 9.23. The number of rotatable bonds is 6. The first kappa shape index (κ1) is 20.5. The Hall–Kier alpha value is -3.27. The van der Waals surface area contributed by atoms with E-state index < -0.39 is 17.6 Å². The molecule has 0 bridgehead atoms. The first-order chi connectivity index (χ1) is 13.7. The molecule has 0 unspecified atom stereocenters. The van der Waals surface area contributed by atoms with E-state index in [0.29, 0.717) is 28.5 Å². The molecule has 0 aliphatic carbocycles. The Morgan fingerprint density at radius 3 is 2.59 bits per heavy atom. The predicted octanol–water partition coefficient (Wildman–Crippen LogP) is 4.26. The lowest BCUT2D eigenvalue weighted by molar-refractivity contribution is -0.137. The zero-order chi connectivity index (χ0) is 21.0. The molecule has 0 atom stereocenters. The molecule has 0 saturated heterocycles. The molecule has 0 fully saturated rings. The van der Waals surface area contributed by atoms with Gasteiger partial charge in [-0.05, 0) is 23.8 Å². The quantitative estimate of drug-likeness (QED) is 0.478. The highest BCUT2D eigenvalue weighted by Crippen LogP contribution is 2.29. The maximum atomic E-state index is 12.5. The molecular weight excluding hydrogens is 405 g/mol. The van der Waals surface area contributed by atoms with Crippen molar-refractivity contribution in [3.8, 4) is 0 Å². The summed E-state index contributed by atoms with van der Waals surface area (Å²) >= 11 is 1.34. The van der Waals surface area contributed by atoms with Crippen molar-refractivity contribution < 1.29 is 22.8 Å². The lowest BCUT2D eigenvalue weighted by Crippen LogP contribution is -2.07. The van der Waals surface area contributed by atoms with Crippen LogP contribution in [0, 0.1) is 0 Å². The Balaban J connectivity index is 1.57. The van der Waals surface area contributed by atoms with Gasteiger partial charge in [0.2, 0.25) is 5.91 Å². The highest BCUT2D eigenvalue weighted by atomic mass is 32.1. The standard InChI is InChI=1S/C19H15F3N4O2S/c1-12(27)16-11-29-18(25-16)10-26-9-15(8-23-26)24-17(28)7-4-13-2-5-14(6-3-13)19(20,21)22/h2-9,11H,10H2,1H3,(H,24,28). The molecule has 0 saturated carbocycles. The molecule has 0 aliphatic rings. The van der Waals surface area contributed by atoms with E-state index in [0.717, 1.165) is 12.1 Å². The van der Waals surface area contributed by atoms with Crippen molar-refractivity contribution in [2.75, 3.05) is 5.32 Å². The average Bonchev–Trinajstić information content (AvgIpc) is 3.30.